The first kappa shape index (κ1) is 19.0. The molecule has 1 aliphatic heterocycles. The number of aliphatic hydroxyl groups is 1. The van der Waals surface area contributed by atoms with E-state index in [0.717, 1.165) is 3.57 Å². The second kappa shape index (κ2) is 6.87. The number of ether oxygens (including phenoxy) is 2. The van der Waals surface area contributed by atoms with Gasteiger partial charge in [-0.1, -0.05) is 12.1 Å². The van der Waals surface area contributed by atoms with Crippen molar-refractivity contribution in [2.24, 2.45) is 0 Å². The lowest BCUT2D eigenvalue weighted by atomic mass is 9.91. The zero-order valence-electron chi connectivity index (χ0n) is 14.2. The molecule has 1 aromatic carbocycles. The predicted molar refractivity (Wildman–Crippen MR) is 96.4 cm³/mol. The highest BCUT2D eigenvalue weighted by Crippen LogP contribution is 2.37. The van der Waals surface area contributed by atoms with Gasteiger partial charge in [-0.3, -0.25) is 4.90 Å². The van der Waals surface area contributed by atoms with Gasteiger partial charge in [-0.15, -0.1) is 0 Å². The molecule has 0 saturated carbocycles. The summed E-state index contributed by atoms with van der Waals surface area (Å²) in [6.45, 7) is 5.22. The molecule has 1 amide bonds. The van der Waals surface area contributed by atoms with Crippen LogP contribution in [0.5, 0.6) is 0 Å². The molecule has 6 nitrogen and oxygen atoms in total. The number of β-amino-alcohol motifs (C(OH)–C–C–N with tert-alkyl or cyclic N) is 1. The molecule has 132 valence electrons. The highest BCUT2D eigenvalue weighted by Gasteiger charge is 2.50. The van der Waals surface area contributed by atoms with Crippen molar-refractivity contribution in [2.45, 2.75) is 44.4 Å². The highest BCUT2D eigenvalue weighted by atomic mass is 127. The number of benzene rings is 1. The molecule has 0 aliphatic carbocycles. The van der Waals surface area contributed by atoms with E-state index >= 15 is 0 Å². The first-order valence-corrected chi connectivity index (χ1v) is 8.69. The van der Waals surface area contributed by atoms with Crippen molar-refractivity contribution in [1.29, 1.82) is 0 Å². The second-order valence-corrected chi connectivity index (χ2v) is 8.14. The largest absolute Gasteiger partial charge is 0.467 e. The van der Waals surface area contributed by atoms with E-state index in [1.165, 1.54) is 12.0 Å². The normalized spacial score (nSPS) is 23.9. The van der Waals surface area contributed by atoms with Gasteiger partial charge in [0, 0.05) is 9.99 Å². The van der Waals surface area contributed by atoms with Crippen LogP contribution in [0.4, 0.5) is 4.79 Å². The Morgan fingerprint density at radius 3 is 2.38 bits per heavy atom. The van der Waals surface area contributed by atoms with Gasteiger partial charge in [0.1, 0.15) is 17.2 Å². The summed E-state index contributed by atoms with van der Waals surface area (Å²) in [7, 11) is 1.26. The van der Waals surface area contributed by atoms with Crippen molar-refractivity contribution >= 4 is 34.7 Å². The van der Waals surface area contributed by atoms with Crippen LogP contribution in [0.1, 0.15) is 32.8 Å². The summed E-state index contributed by atoms with van der Waals surface area (Å²) in [6, 6.07) is 6.46. The third kappa shape index (κ3) is 4.18. The van der Waals surface area contributed by atoms with Gasteiger partial charge in [0.2, 0.25) is 0 Å². The number of amides is 1. The maximum Gasteiger partial charge on any atom is 0.411 e. The fourth-order valence-electron chi connectivity index (χ4n) is 2.71. The van der Waals surface area contributed by atoms with E-state index in [-0.39, 0.29) is 13.0 Å². The molecule has 1 saturated heterocycles. The quantitative estimate of drug-likeness (QED) is 0.558. The molecule has 1 heterocycles. The molecule has 0 unspecified atom stereocenters. The average Bonchev–Trinajstić information content (AvgIpc) is 2.85. The third-order valence-electron chi connectivity index (χ3n) is 3.82. The van der Waals surface area contributed by atoms with Gasteiger partial charge in [0.15, 0.2) is 0 Å². The zero-order chi connectivity index (χ0) is 18.1. The Morgan fingerprint density at radius 2 is 1.88 bits per heavy atom. The van der Waals surface area contributed by atoms with Gasteiger partial charge >= 0.3 is 12.1 Å². The molecule has 0 spiro atoms. The summed E-state index contributed by atoms with van der Waals surface area (Å²) in [5, 5.41) is 11.0. The molecule has 0 radical (unpaired) electrons. The molecule has 24 heavy (non-hydrogen) atoms. The minimum absolute atomic E-state index is 0.0255. The number of carbonyl (C=O) groups is 2. The van der Waals surface area contributed by atoms with Gasteiger partial charge in [-0.05, 0) is 61.1 Å². The molecule has 7 heteroatoms. The van der Waals surface area contributed by atoms with Crippen molar-refractivity contribution in [1.82, 2.24) is 4.90 Å². The summed E-state index contributed by atoms with van der Waals surface area (Å²) in [4.78, 5) is 25.8. The summed E-state index contributed by atoms with van der Waals surface area (Å²) < 4.78 is 11.2. The molecule has 1 fully saturated rings. The lowest BCUT2D eigenvalue weighted by Crippen LogP contribution is -2.44. The van der Waals surface area contributed by atoms with Crippen LogP contribution in [0.15, 0.2) is 24.3 Å². The van der Waals surface area contributed by atoms with Crippen LogP contribution in [0.2, 0.25) is 0 Å². The van der Waals surface area contributed by atoms with Crippen molar-refractivity contribution in [2.75, 3.05) is 13.7 Å². The van der Waals surface area contributed by atoms with Gasteiger partial charge < -0.3 is 14.6 Å². The number of hydrogen-bond acceptors (Lipinski definition) is 5. The van der Waals surface area contributed by atoms with Crippen molar-refractivity contribution < 1.29 is 24.2 Å². The molecule has 0 bridgehead atoms. The minimum atomic E-state index is -1.32. The molecule has 1 aromatic rings. The van der Waals surface area contributed by atoms with E-state index in [1.807, 2.05) is 12.1 Å². The van der Waals surface area contributed by atoms with Crippen molar-refractivity contribution in [3.05, 3.63) is 33.4 Å². The van der Waals surface area contributed by atoms with Crippen LogP contribution in [0.3, 0.4) is 0 Å². The first-order chi connectivity index (χ1) is 11.1. The van der Waals surface area contributed by atoms with E-state index in [4.69, 9.17) is 9.47 Å². The third-order valence-corrected chi connectivity index (χ3v) is 4.54. The number of hydrogen-bond donors (Lipinski definition) is 1. The number of halogens is 1. The lowest BCUT2D eigenvalue weighted by Gasteiger charge is -2.28. The number of rotatable bonds is 2. The first-order valence-electron chi connectivity index (χ1n) is 7.61. The Labute approximate surface area is 155 Å². The van der Waals surface area contributed by atoms with Crippen LogP contribution in [-0.4, -0.2) is 47.4 Å². The van der Waals surface area contributed by atoms with Crippen LogP contribution in [-0.2, 0) is 19.9 Å². The SMILES string of the molecule is COC(=O)[C@@H]1C[C@@](O)(c2ccc(I)cc2)CN1C(=O)OC(C)(C)C. The maximum absolute atomic E-state index is 12.4. The number of methoxy groups -OCH3 is 1. The molecule has 2 rings (SSSR count). The van der Waals surface area contributed by atoms with Crippen molar-refractivity contribution in [3.8, 4) is 0 Å². The number of nitrogens with zero attached hydrogens (tertiary/aromatic N) is 1. The van der Waals surface area contributed by atoms with E-state index in [0.29, 0.717) is 5.56 Å². The molecule has 1 aliphatic rings. The Bertz CT molecular complexity index is 625. The van der Waals surface area contributed by atoms with E-state index in [9.17, 15) is 14.7 Å². The van der Waals surface area contributed by atoms with Crippen LogP contribution in [0.25, 0.3) is 0 Å². The van der Waals surface area contributed by atoms with Crippen LogP contribution in [0, 0.1) is 3.57 Å². The van der Waals surface area contributed by atoms with E-state index < -0.39 is 29.3 Å². The lowest BCUT2D eigenvalue weighted by molar-refractivity contribution is -0.145. The Hall–Kier alpha value is -1.35. The topological polar surface area (TPSA) is 76.1 Å². The van der Waals surface area contributed by atoms with Crippen LogP contribution >= 0.6 is 22.6 Å². The highest BCUT2D eigenvalue weighted by molar-refractivity contribution is 14.1. The van der Waals surface area contributed by atoms with Crippen LogP contribution < -0.4 is 0 Å². The van der Waals surface area contributed by atoms with Gasteiger partial charge in [0.25, 0.3) is 0 Å². The molecular formula is C17H22INO5. The summed E-state index contributed by atoms with van der Waals surface area (Å²) in [5.74, 6) is -0.567. The summed E-state index contributed by atoms with van der Waals surface area (Å²) >= 11 is 2.17. The van der Waals surface area contributed by atoms with E-state index in [2.05, 4.69) is 22.6 Å². The molecule has 2 atom stereocenters. The Morgan fingerprint density at radius 1 is 1.29 bits per heavy atom. The predicted octanol–water partition coefficient (Wildman–Crippen LogP) is 2.66. The van der Waals surface area contributed by atoms with Gasteiger partial charge in [0.05, 0.1) is 13.7 Å². The Kier molecular flexibility index (Phi) is 5.44. The minimum Gasteiger partial charge on any atom is -0.467 e. The van der Waals surface area contributed by atoms with Crippen molar-refractivity contribution in [3.63, 3.8) is 0 Å². The summed E-state index contributed by atoms with van der Waals surface area (Å²) in [5.41, 5.74) is -1.36. The monoisotopic (exact) mass is 447 g/mol. The standard InChI is InChI=1S/C17H22INO5/c1-16(2,3)24-15(21)19-10-17(22,9-13(19)14(20)23-4)11-5-7-12(18)8-6-11/h5-8,13,22H,9-10H2,1-4H3/t13-,17-/m0/s1. The number of likely N-dealkylation sites (tertiary alicyclic amines) is 1. The number of carbonyl (C=O) groups excluding carboxylic acids is 2. The molecule has 0 aromatic heterocycles. The number of esters is 1. The fourth-order valence-corrected chi connectivity index (χ4v) is 3.07. The second-order valence-electron chi connectivity index (χ2n) is 6.89. The molecular weight excluding hydrogens is 425 g/mol. The summed E-state index contributed by atoms with van der Waals surface area (Å²) in [6.07, 6.45) is -0.571. The van der Waals surface area contributed by atoms with E-state index in [1.54, 1.807) is 32.9 Å². The maximum atomic E-state index is 12.4. The molecule has 1 N–H and O–H groups in total. The van der Waals surface area contributed by atoms with Gasteiger partial charge in [-0.2, -0.15) is 0 Å². The Balaban J connectivity index is 2.30. The zero-order valence-corrected chi connectivity index (χ0v) is 16.4. The average molecular weight is 447 g/mol. The fraction of sp³-hybridized carbons (Fsp3) is 0.529. The van der Waals surface area contributed by atoms with Gasteiger partial charge in [-0.25, -0.2) is 9.59 Å². The smallest absolute Gasteiger partial charge is 0.411 e.